The van der Waals surface area contributed by atoms with Crippen molar-refractivity contribution in [2.24, 2.45) is 0 Å². The molecule has 3 aromatic carbocycles. The van der Waals surface area contributed by atoms with Crippen LogP contribution in [-0.4, -0.2) is 11.2 Å². The molecular formula is C24H24O2. The van der Waals surface area contributed by atoms with Crippen molar-refractivity contribution < 1.29 is 9.84 Å². The van der Waals surface area contributed by atoms with E-state index in [1.807, 2.05) is 84.9 Å². The maximum atomic E-state index is 10.1. The van der Waals surface area contributed by atoms with Crippen LogP contribution >= 0.6 is 0 Å². The summed E-state index contributed by atoms with van der Waals surface area (Å²) >= 11 is 0. The fourth-order valence-corrected chi connectivity index (χ4v) is 2.69. The van der Waals surface area contributed by atoms with Gasteiger partial charge in [-0.25, -0.2) is 0 Å². The molecule has 0 saturated carbocycles. The molecule has 0 spiro atoms. The Kier molecular flexibility index (Phi) is 6.63. The molecule has 0 bridgehead atoms. The summed E-state index contributed by atoms with van der Waals surface area (Å²) in [5.41, 5.74) is 3.45. The fraction of sp³-hybridized carbons (Fsp3) is 0.167. The Morgan fingerprint density at radius 2 is 1.38 bits per heavy atom. The van der Waals surface area contributed by atoms with Crippen molar-refractivity contribution in [1.82, 2.24) is 0 Å². The van der Waals surface area contributed by atoms with Crippen LogP contribution in [-0.2, 0) is 13.0 Å². The molecule has 3 rings (SSSR count). The molecule has 0 heterocycles. The molecule has 0 radical (unpaired) electrons. The molecular weight excluding hydrogens is 320 g/mol. The van der Waals surface area contributed by atoms with E-state index >= 15 is 0 Å². The number of aryl methyl sites for hydroxylation is 1. The molecule has 132 valence electrons. The van der Waals surface area contributed by atoms with Gasteiger partial charge >= 0.3 is 0 Å². The highest BCUT2D eigenvalue weighted by molar-refractivity contribution is 5.51. The molecule has 0 aliphatic carbocycles. The van der Waals surface area contributed by atoms with Crippen LogP contribution in [0.15, 0.2) is 91.0 Å². The van der Waals surface area contributed by atoms with E-state index < -0.39 is 6.10 Å². The van der Waals surface area contributed by atoms with E-state index in [1.165, 1.54) is 5.56 Å². The third-order valence-electron chi connectivity index (χ3n) is 4.21. The van der Waals surface area contributed by atoms with Gasteiger partial charge in [-0.05, 0) is 41.7 Å². The van der Waals surface area contributed by atoms with E-state index in [4.69, 9.17) is 4.74 Å². The Hall–Kier alpha value is -2.84. The molecule has 1 unspecified atom stereocenters. The first kappa shape index (κ1) is 18.0. The van der Waals surface area contributed by atoms with Crippen LogP contribution in [0.25, 0.3) is 6.08 Å². The second kappa shape index (κ2) is 9.59. The molecule has 2 nitrogen and oxygen atoms in total. The van der Waals surface area contributed by atoms with Gasteiger partial charge in [0, 0.05) is 0 Å². The van der Waals surface area contributed by atoms with Gasteiger partial charge in [0.2, 0.25) is 0 Å². The smallest absolute Gasteiger partial charge is 0.119 e. The number of aliphatic hydroxyl groups is 1. The van der Waals surface area contributed by atoms with Gasteiger partial charge in [0.05, 0.1) is 6.10 Å². The monoisotopic (exact) mass is 344 g/mol. The van der Waals surface area contributed by atoms with Crippen molar-refractivity contribution in [3.05, 3.63) is 108 Å². The summed E-state index contributed by atoms with van der Waals surface area (Å²) in [5, 5.41) is 10.1. The molecule has 0 aromatic heterocycles. The molecule has 2 heteroatoms. The minimum absolute atomic E-state index is 0.441. The highest BCUT2D eigenvalue weighted by Crippen LogP contribution is 2.16. The first-order valence-corrected chi connectivity index (χ1v) is 8.96. The van der Waals surface area contributed by atoms with Crippen LogP contribution in [0.3, 0.4) is 0 Å². The van der Waals surface area contributed by atoms with Gasteiger partial charge < -0.3 is 9.84 Å². The third kappa shape index (κ3) is 5.91. The summed E-state index contributed by atoms with van der Waals surface area (Å²) < 4.78 is 5.79. The third-order valence-corrected chi connectivity index (χ3v) is 4.21. The Labute approximate surface area is 155 Å². The predicted molar refractivity (Wildman–Crippen MR) is 107 cm³/mol. The SMILES string of the molecule is OC(/C=C/c1ccc(OCc2ccccc2)cc1)CCc1ccccc1. The van der Waals surface area contributed by atoms with Gasteiger partial charge in [-0.15, -0.1) is 0 Å². The zero-order valence-corrected chi connectivity index (χ0v) is 14.8. The van der Waals surface area contributed by atoms with Crippen molar-refractivity contribution in [1.29, 1.82) is 0 Å². The minimum Gasteiger partial charge on any atom is -0.489 e. The van der Waals surface area contributed by atoms with Crippen LogP contribution in [0.1, 0.15) is 23.1 Å². The van der Waals surface area contributed by atoms with E-state index in [-0.39, 0.29) is 0 Å². The van der Waals surface area contributed by atoms with Gasteiger partial charge in [0.1, 0.15) is 12.4 Å². The van der Waals surface area contributed by atoms with Gasteiger partial charge in [-0.1, -0.05) is 84.9 Å². The molecule has 0 fully saturated rings. The normalized spacial score (nSPS) is 12.2. The molecule has 3 aromatic rings. The summed E-state index contributed by atoms with van der Waals surface area (Å²) in [6, 6.07) is 28.3. The zero-order chi connectivity index (χ0) is 18.0. The largest absolute Gasteiger partial charge is 0.489 e. The zero-order valence-electron chi connectivity index (χ0n) is 14.8. The summed E-state index contributed by atoms with van der Waals surface area (Å²) in [6.07, 6.45) is 4.96. The molecule has 1 N–H and O–H groups in total. The summed E-state index contributed by atoms with van der Waals surface area (Å²) in [7, 11) is 0. The lowest BCUT2D eigenvalue weighted by molar-refractivity contribution is 0.214. The van der Waals surface area contributed by atoms with Crippen molar-refractivity contribution in [2.45, 2.75) is 25.6 Å². The van der Waals surface area contributed by atoms with E-state index in [9.17, 15) is 5.11 Å². The number of rotatable bonds is 8. The molecule has 1 atom stereocenters. The Morgan fingerprint density at radius 1 is 0.769 bits per heavy atom. The molecule has 0 saturated heterocycles. The Morgan fingerprint density at radius 3 is 2.04 bits per heavy atom. The maximum absolute atomic E-state index is 10.1. The maximum Gasteiger partial charge on any atom is 0.119 e. The van der Waals surface area contributed by atoms with Crippen molar-refractivity contribution in [3.63, 3.8) is 0 Å². The number of hydrogen-bond acceptors (Lipinski definition) is 2. The highest BCUT2D eigenvalue weighted by atomic mass is 16.5. The quantitative estimate of drug-likeness (QED) is 0.603. The first-order chi connectivity index (χ1) is 12.8. The van der Waals surface area contributed by atoms with Crippen molar-refractivity contribution in [3.8, 4) is 5.75 Å². The number of benzene rings is 3. The minimum atomic E-state index is -0.441. The summed E-state index contributed by atoms with van der Waals surface area (Å²) in [4.78, 5) is 0. The van der Waals surface area contributed by atoms with Gasteiger partial charge in [-0.3, -0.25) is 0 Å². The first-order valence-electron chi connectivity index (χ1n) is 8.96. The van der Waals surface area contributed by atoms with Gasteiger partial charge in [-0.2, -0.15) is 0 Å². The highest BCUT2D eigenvalue weighted by Gasteiger charge is 2.01. The number of hydrogen-bond donors (Lipinski definition) is 1. The Balaban J connectivity index is 1.46. The topological polar surface area (TPSA) is 29.5 Å². The molecule has 26 heavy (non-hydrogen) atoms. The van der Waals surface area contributed by atoms with Crippen molar-refractivity contribution in [2.75, 3.05) is 0 Å². The van der Waals surface area contributed by atoms with Crippen LogP contribution in [0.5, 0.6) is 5.75 Å². The summed E-state index contributed by atoms with van der Waals surface area (Å²) in [6.45, 7) is 0.564. The standard InChI is InChI=1S/C24H24O2/c25-23(15-11-20-7-3-1-4-8-20)16-12-21-13-17-24(18-14-21)26-19-22-9-5-2-6-10-22/h1-10,12-14,16-18,23,25H,11,15,19H2/b16-12+. The number of ether oxygens (including phenoxy) is 1. The fourth-order valence-electron chi connectivity index (χ4n) is 2.69. The second-order valence-corrected chi connectivity index (χ2v) is 6.29. The van der Waals surface area contributed by atoms with Crippen LogP contribution in [0.4, 0.5) is 0 Å². The number of aliphatic hydroxyl groups excluding tert-OH is 1. The van der Waals surface area contributed by atoms with E-state index in [0.29, 0.717) is 6.61 Å². The van der Waals surface area contributed by atoms with Crippen LogP contribution < -0.4 is 4.74 Å². The van der Waals surface area contributed by atoms with E-state index in [1.54, 1.807) is 0 Å². The lowest BCUT2D eigenvalue weighted by Gasteiger charge is -2.07. The van der Waals surface area contributed by atoms with Gasteiger partial charge in [0.25, 0.3) is 0 Å². The second-order valence-electron chi connectivity index (χ2n) is 6.29. The predicted octanol–water partition coefficient (Wildman–Crippen LogP) is 5.27. The molecule has 0 amide bonds. The van der Waals surface area contributed by atoms with Crippen LogP contribution in [0, 0.1) is 0 Å². The average molecular weight is 344 g/mol. The van der Waals surface area contributed by atoms with Gasteiger partial charge in [0.15, 0.2) is 0 Å². The summed E-state index contributed by atoms with van der Waals surface area (Å²) in [5.74, 6) is 0.843. The lowest BCUT2D eigenvalue weighted by atomic mass is 10.1. The Bertz CT molecular complexity index is 793. The van der Waals surface area contributed by atoms with Crippen molar-refractivity contribution >= 4 is 6.08 Å². The molecule has 0 aliphatic rings. The van der Waals surface area contributed by atoms with Crippen LogP contribution in [0.2, 0.25) is 0 Å². The molecule has 0 aliphatic heterocycles. The van der Waals surface area contributed by atoms with E-state index in [2.05, 4.69) is 12.1 Å². The van der Waals surface area contributed by atoms with E-state index in [0.717, 1.165) is 29.7 Å². The lowest BCUT2D eigenvalue weighted by Crippen LogP contribution is -2.03. The average Bonchev–Trinajstić information content (AvgIpc) is 2.71.